The van der Waals surface area contributed by atoms with E-state index in [1.54, 1.807) is 7.11 Å². The number of β-amino-alcohol motifs (C(OH)–C–C–N with tert-alkyl or cyclic N) is 1. The van der Waals surface area contributed by atoms with Gasteiger partial charge < -0.3 is 29.3 Å². The van der Waals surface area contributed by atoms with Crippen molar-refractivity contribution in [2.24, 2.45) is 0 Å². The number of methoxy groups -OCH3 is 1. The van der Waals surface area contributed by atoms with E-state index in [0.29, 0.717) is 19.6 Å². The lowest BCUT2D eigenvalue weighted by molar-refractivity contribution is -0.0588. The number of rotatable bonds is 6. The molecule has 2 aromatic rings. The predicted octanol–water partition coefficient (Wildman–Crippen LogP) is 3.48. The van der Waals surface area contributed by atoms with Gasteiger partial charge in [-0.25, -0.2) is 0 Å². The van der Waals surface area contributed by atoms with Crippen LogP contribution >= 0.6 is 0 Å². The summed E-state index contributed by atoms with van der Waals surface area (Å²) in [4.78, 5) is 2.27. The summed E-state index contributed by atoms with van der Waals surface area (Å²) in [5.41, 5.74) is 1.35. The number of piperidine rings is 1. The number of nitrogens with zero attached hydrogens (tertiary/aromatic N) is 1. The maximum Gasteiger partial charge on any atom is 0.126 e. The van der Waals surface area contributed by atoms with Crippen molar-refractivity contribution in [3.63, 3.8) is 0 Å². The van der Waals surface area contributed by atoms with Gasteiger partial charge in [0.1, 0.15) is 22.8 Å². The summed E-state index contributed by atoms with van der Waals surface area (Å²) in [7, 11) is 1.62. The molecule has 162 valence electrons. The highest BCUT2D eigenvalue weighted by atomic mass is 16.5. The SMILES string of the molecule is CCOc1ccc([C@@H](O)CN2CCC3(CC2)C[C@@H](O)c2cc(OC)ccc2O3)cc1. The molecule has 0 aliphatic carbocycles. The first-order valence-corrected chi connectivity index (χ1v) is 10.7. The number of hydrogen-bond acceptors (Lipinski definition) is 6. The van der Waals surface area contributed by atoms with Gasteiger partial charge in [-0.05, 0) is 55.7 Å². The standard InChI is InChI=1S/C24H31NO5/c1-3-29-18-6-4-17(5-7-18)22(27)16-25-12-10-24(11-13-25)15-21(26)20-14-19(28-2)8-9-23(20)30-24/h4-9,14,21-22,26-27H,3,10-13,15-16H2,1-2H3/t21-,22+/m1/s1. The van der Waals surface area contributed by atoms with Crippen molar-refractivity contribution < 1.29 is 24.4 Å². The van der Waals surface area contributed by atoms with Crippen LogP contribution in [0.5, 0.6) is 17.2 Å². The van der Waals surface area contributed by atoms with E-state index < -0.39 is 12.2 Å². The molecule has 2 atom stereocenters. The highest BCUT2D eigenvalue weighted by Gasteiger charge is 2.43. The molecule has 1 saturated heterocycles. The molecule has 0 amide bonds. The van der Waals surface area contributed by atoms with Crippen LogP contribution in [0.1, 0.15) is 49.5 Å². The molecule has 0 aromatic heterocycles. The van der Waals surface area contributed by atoms with E-state index in [1.807, 2.05) is 49.4 Å². The van der Waals surface area contributed by atoms with Gasteiger partial charge in [0, 0.05) is 31.6 Å². The quantitative estimate of drug-likeness (QED) is 0.756. The highest BCUT2D eigenvalue weighted by molar-refractivity contribution is 5.43. The molecule has 6 heteroatoms. The second kappa shape index (κ2) is 8.84. The molecule has 4 rings (SSSR count). The van der Waals surface area contributed by atoms with E-state index in [0.717, 1.165) is 54.3 Å². The summed E-state index contributed by atoms with van der Waals surface area (Å²) in [6, 6.07) is 13.3. The van der Waals surface area contributed by atoms with Crippen LogP contribution < -0.4 is 14.2 Å². The zero-order chi connectivity index (χ0) is 21.1. The number of aliphatic hydroxyl groups excluding tert-OH is 2. The summed E-state index contributed by atoms with van der Waals surface area (Å²) in [6.07, 6.45) is 1.14. The van der Waals surface area contributed by atoms with Crippen LogP contribution in [0.4, 0.5) is 0 Å². The van der Waals surface area contributed by atoms with Crippen molar-refractivity contribution in [2.45, 2.75) is 44.0 Å². The van der Waals surface area contributed by atoms with Crippen LogP contribution in [0.15, 0.2) is 42.5 Å². The molecule has 0 unspecified atom stereocenters. The molecule has 0 saturated carbocycles. The number of likely N-dealkylation sites (tertiary alicyclic amines) is 1. The van der Waals surface area contributed by atoms with E-state index >= 15 is 0 Å². The summed E-state index contributed by atoms with van der Waals surface area (Å²) in [5.74, 6) is 2.29. The highest BCUT2D eigenvalue weighted by Crippen LogP contribution is 2.45. The number of hydrogen-bond donors (Lipinski definition) is 2. The van der Waals surface area contributed by atoms with Crippen LogP contribution in [-0.2, 0) is 0 Å². The van der Waals surface area contributed by atoms with Gasteiger partial charge in [-0.3, -0.25) is 0 Å². The first-order chi connectivity index (χ1) is 14.5. The zero-order valence-electron chi connectivity index (χ0n) is 17.7. The monoisotopic (exact) mass is 413 g/mol. The summed E-state index contributed by atoms with van der Waals surface area (Å²) < 4.78 is 17.1. The Morgan fingerprint density at radius 3 is 2.50 bits per heavy atom. The predicted molar refractivity (Wildman–Crippen MR) is 114 cm³/mol. The van der Waals surface area contributed by atoms with Gasteiger partial charge in [0.05, 0.1) is 25.9 Å². The summed E-state index contributed by atoms with van der Waals surface area (Å²) >= 11 is 0. The van der Waals surface area contributed by atoms with Crippen LogP contribution in [0.25, 0.3) is 0 Å². The minimum absolute atomic E-state index is 0.346. The van der Waals surface area contributed by atoms with E-state index in [1.165, 1.54) is 0 Å². The zero-order valence-corrected chi connectivity index (χ0v) is 17.7. The van der Waals surface area contributed by atoms with E-state index in [9.17, 15) is 10.2 Å². The third kappa shape index (κ3) is 4.41. The molecule has 1 fully saturated rings. The Morgan fingerprint density at radius 1 is 1.13 bits per heavy atom. The van der Waals surface area contributed by atoms with Crippen molar-refractivity contribution >= 4 is 0 Å². The molecule has 0 radical (unpaired) electrons. The number of aliphatic hydroxyl groups is 2. The average Bonchev–Trinajstić information content (AvgIpc) is 2.76. The molecule has 1 spiro atoms. The van der Waals surface area contributed by atoms with Gasteiger partial charge >= 0.3 is 0 Å². The molecular formula is C24H31NO5. The molecule has 2 heterocycles. The summed E-state index contributed by atoms with van der Waals surface area (Å²) in [6.45, 7) is 4.82. The van der Waals surface area contributed by atoms with Gasteiger partial charge in [-0.15, -0.1) is 0 Å². The van der Waals surface area contributed by atoms with Crippen molar-refractivity contribution in [3.05, 3.63) is 53.6 Å². The van der Waals surface area contributed by atoms with Gasteiger partial charge in [-0.2, -0.15) is 0 Å². The topological polar surface area (TPSA) is 71.4 Å². The van der Waals surface area contributed by atoms with Gasteiger partial charge in [-0.1, -0.05) is 12.1 Å². The lowest BCUT2D eigenvalue weighted by Crippen LogP contribution is -2.51. The first kappa shape index (κ1) is 21.0. The number of benzene rings is 2. The van der Waals surface area contributed by atoms with Crippen molar-refractivity contribution in [1.29, 1.82) is 0 Å². The normalized spacial score (nSPS) is 21.5. The second-order valence-corrected chi connectivity index (χ2v) is 8.23. The lowest BCUT2D eigenvalue weighted by Gasteiger charge is -2.46. The number of fused-ring (bicyclic) bond motifs is 1. The maximum atomic E-state index is 10.7. The maximum absolute atomic E-state index is 10.7. The van der Waals surface area contributed by atoms with E-state index in [-0.39, 0.29) is 5.60 Å². The van der Waals surface area contributed by atoms with Crippen LogP contribution in [0.3, 0.4) is 0 Å². The molecule has 0 bridgehead atoms. The Labute approximate surface area is 178 Å². The van der Waals surface area contributed by atoms with Crippen LogP contribution in [-0.4, -0.2) is 54.1 Å². The van der Waals surface area contributed by atoms with Crippen LogP contribution in [0.2, 0.25) is 0 Å². The fourth-order valence-electron chi connectivity index (χ4n) is 4.50. The largest absolute Gasteiger partial charge is 0.497 e. The van der Waals surface area contributed by atoms with Gasteiger partial charge in [0.15, 0.2) is 0 Å². The molecule has 6 nitrogen and oxygen atoms in total. The lowest BCUT2D eigenvalue weighted by atomic mass is 9.81. The smallest absolute Gasteiger partial charge is 0.126 e. The third-order valence-electron chi connectivity index (χ3n) is 6.24. The van der Waals surface area contributed by atoms with E-state index in [2.05, 4.69) is 4.90 Å². The Hall–Kier alpha value is -2.28. The van der Waals surface area contributed by atoms with Crippen molar-refractivity contribution in [1.82, 2.24) is 4.90 Å². The first-order valence-electron chi connectivity index (χ1n) is 10.7. The van der Waals surface area contributed by atoms with Crippen molar-refractivity contribution in [3.8, 4) is 17.2 Å². The second-order valence-electron chi connectivity index (χ2n) is 8.23. The Morgan fingerprint density at radius 2 is 1.83 bits per heavy atom. The van der Waals surface area contributed by atoms with E-state index in [4.69, 9.17) is 14.2 Å². The molecule has 2 N–H and O–H groups in total. The third-order valence-corrected chi connectivity index (χ3v) is 6.24. The Bertz CT molecular complexity index is 845. The average molecular weight is 414 g/mol. The molecular weight excluding hydrogens is 382 g/mol. The fourth-order valence-corrected chi connectivity index (χ4v) is 4.50. The van der Waals surface area contributed by atoms with Gasteiger partial charge in [0.2, 0.25) is 0 Å². The fraction of sp³-hybridized carbons (Fsp3) is 0.500. The Balaban J connectivity index is 1.35. The molecule has 30 heavy (non-hydrogen) atoms. The Kier molecular flexibility index (Phi) is 6.18. The van der Waals surface area contributed by atoms with Crippen LogP contribution in [0, 0.1) is 0 Å². The molecule has 2 aromatic carbocycles. The molecule has 2 aliphatic heterocycles. The molecule has 2 aliphatic rings. The summed E-state index contributed by atoms with van der Waals surface area (Å²) in [5, 5.41) is 21.4. The van der Waals surface area contributed by atoms with Crippen molar-refractivity contribution in [2.75, 3.05) is 33.4 Å². The van der Waals surface area contributed by atoms with Gasteiger partial charge in [0.25, 0.3) is 0 Å². The number of ether oxygens (including phenoxy) is 3. The minimum Gasteiger partial charge on any atom is -0.497 e. The minimum atomic E-state index is -0.551.